The van der Waals surface area contributed by atoms with Gasteiger partial charge in [-0.05, 0) is 32.0 Å². The van der Waals surface area contributed by atoms with Crippen LogP contribution in [0.25, 0.3) is 11.3 Å². The number of amides is 1. The fourth-order valence-electron chi connectivity index (χ4n) is 3.77. The molecule has 1 unspecified atom stereocenters. The van der Waals surface area contributed by atoms with Gasteiger partial charge in [0.05, 0.1) is 11.3 Å². The molecule has 0 aliphatic carbocycles. The third-order valence-electron chi connectivity index (χ3n) is 5.23. The average molecular weight is 413 g/mol. The van der Waals surface area contributed by atoms with Crippen LogP contribution in [0.15, 0.2) is 47.0 Å². The van der Waals surface area contributed by atoms with Crippen molar-refractivity contribution in [2.75, 3.05) is 13.1 Å². The largest absolute Gasteiger partial charge is 0.349 e. The van der Waals surface area contributed by atoms with Crippen molar-refractivity contribution in [1.29, 1.82) is 0 Å². The maximum absolute atomic E-state index is 13.4. The molecule has 0 radical (unpaired) electrons. The fraction of sp³-hybridized carbons (Fsp3) is 0.381. The van der Waals surface area contributed by atoms with Gasteiger partial charge in [0.2, 0.25) is 0 Å². The second kappa shape index (κ2) is 8.41. The van der Waals surface area contributed by atoms with Crippen LogP contribution in [0.4, 0.5) is 0 Å². The van der Waals surface area contributed by atoms with Crippen molar-refractivity contribution in [3.63, 3.8) is 0 Å². The Balaban J connectivity index is 1.66. The number of benzene rings is 1. The van der Waals surface area contributed by atoms with Crippen molar-refractivity contribution in [3.8, 4) is 11.3 Å². The molecular formula is C21H24N4OS2. The standard InChI is InChI=1S/C21H24N4OS2/c1-14-17(20(26)25-11-7-2-3-8-12-25)18(24-21(27)22-14)19-23-16(13-28-19)15-9-5-4-6-10-15/h4-6,9-10,13,18H,2-3,7-8,11-12H2,1H3,(H2,22,24,27). The number of carbonyl (C=O) groups is 1. The molecule has 2 aliphatic heterocycles. The number of aromatic nitrogens is 1. The molecule has 1 amide bonds. The number of likely N-dealkylation sites (tertiary alicyclic amines) is 1. The van der Waals surface area contributed by atoms with Crippen LogP contribution in [-0.4, -0.2) is 34.0 Å². The molecule has 4 rings (SSSR count). The van der Waals surface area contributed by atoms with Gasteiger partial charge in [-0.2, -0.15) is 0 Å². The lowest BCUT2D eigenvalue weighted by atomic mass is 10.0. The fourth-order valence-corrected chi connectivity index (χ4v) is 4.92. The van der Waals surface area contributed by atoms with Gasteiger partial charge in [-0.1, -0.05) is 43.2 Å². The van der Waals surface area contributed by atoms with Gasteiger partial charge in [0.15, 0.2) is 5.11 Å². The van der Waals surface area contributed by atoms with Gasteiger partial charge in [-0.25, -0.2) is 4.98 Å². The van der Waals surface area contributed by atoms with Gasteiger partial charge in [0.1, 0.15) is 11.0 Å². The van der Waals surface area contributed by atoms with Crippen LogP contribution < -0.4 is 10.6 Å². The summed E-state index contributed by atoms with van der Waals surface area (Å²) < 4.78 is 0. The van der Waals surface area contributed by atoms with E-state index in [9.17, 15) is 4.79 Å². The van der Waals surface area contributed by atoms with E-state index in [1.807, 2.05) is 47.5 Å². The van der Waals surface area contributed by atoms with Gasteiger partial charge in [0, 0.05) is 29.7 Å². The number of nitrogens with one attached hydrogen (secondary N) is 2. The summed E-state index contributed by atoms with van der Waals surface area (Å²) in [7, 11) is 0. The zero-order valence-corrected chi connectivity index (χ0v) is 17.5. The Labute approximate surface area is 174 Å². The smallest absolute Gasteiger partial charge is 0.254 e. The molecule has 2 aromatic rings. The second-order valence-electron chi connectivity index (χ2n) is 7.21. The number of allylic oxidation sites excluding steroid dienone is 1. The Morgan fingerprint density at radius 3 is 2.61 bits per heavy atom. The molecule has 3 heterocycles. The zero-order valence-electron chi connectivity index (χ0n) is 15.9. The van der Waals surface area contributed by atoms with Crippen LogP contribution in [0.5, 0.6) is 0 Å². The topological polar surface area (TPSA) is 57.3 Å². The number of nitrogens with zero attached hydrogens (tertiary/aromatic N) is 2. The van der Waals surface area contributed by atoms with E-state index in [1.54, 1.807) is 11.3 Å². The summed E-state index contributed by atoms with van der Waals surface area (Å²) in [5, 5.41) is 9.85. The van der Waals surface area contributed by atoms with Crippen LogP contribution in [0.3, 0.4) is 0 Å². The van der Waals surface area contributed by atoms with E-state index in [2.05, 4.69) is 10.6 Å². The maximum atomic E-state index is 13.4. The normalized spacial score (nSPS) is 20.4. The van der Waals surface area contributed by atoms with Crippen LogP contribution >= 0.6 is 23.6 Å². The number of hydrogen-bond donors (Lipinski definition) is 2. The first-order valence-corrected chi connectivity index (χ1v) is 11.0. The molecule has 0 spiro atoms. The van der Waals surface area contributed by atoms with E-state index in [0.717, 1.165) is 53.5 Å². The molecule has 2 aliphatic rings. The van der Waals surface area contributed by atoms with E-state index in [0.29, 0.717) is 5.11 Å². The Morgan fingerprint density at radius 1 is 1.18 bits per heavy atom. The molecule has 5 nitrogen and oxygen atoms in total. The molecular weight excluding hydrogens is 388 g/mol. The quantitative estimate of drug-likeness (QED) is 0.746. The summed E-state index contributed by atoms with van der Waals surface area (Å²) in [6, 6.07) is 9.78. The number of carbonyl (C=O) groups excluding carboxylic acids is 1. The average Bonchev–Trinajstić information content (AvgIpc) is 3.03. The first-order valence-electron chi connectivity index (χ1n) is 9.72. The molecule has 1 aromatic heterocycles. The molecule has 1 fully saturated rings. The Morgan fingerprint density at radius 2 is 1.89 bits per heavy atom. The lowest BCUT2D eigenvalue weighted by molar-refractivity contribution is -0.127. The van der Waals surface area contributed by atoms with E-state index in [-0.39, 0.29) is 11.9 Å². The highest BCUT2D eigenvalue weighted by Gasteiger charge is 2.34. The minimum atomic E-state index is -0.313. The van der Waals surface area contributed by atoms with E-state index < -0.39 is 0 Å². The van der Waals surface area contributed by atoms with Crippen molar-refractivity contribution < 1.29 is 4.79 Å². The SMILES string of the molecule is CC1=C(C(=O)N2CCCCCC2)C(c2nc(-c3ccccc3)cs2)NC(=S)N1. The van der Waals surface area contributed by atoms with Crippen LogP contribution in [0, 0.1) is 0 Å². The third-order valence-corrected chi connectivity index (χ3v) is 6.36. The van der Waals surface area contributed by atoms with Crippen molar-refractivity contribution in [3.05, 3.63) is 52.0 Å². The second-order valence-corrected chi connectivity index (χ2v) is 8.51. The number of hydrogen-bond acceptors (Lipinski definition) is 4. The summed E-state index contributed by atoms with van der Waals surface area (Å²) >= 11 is 6.93. The molecule has 1 aromatic carbocycles. The molecule has 2 N–H and O–H groups in total. The predicted molar refractivity (Wildman–Crippen MR) is 117 cm³/mol. The van der Waals surface area contributed by atoms with Gasteiger partial charge >= 0.3 is 0 Å². The highest BCUT2D eigenvalue weighted by Crippen LogP contribution is 2.33. The molecule has 28 heavy (non-hydrogen) atoms. The number of thiocarbonyl (C=S) groups is 1. The highest BCUT2D eigenvalue weighted by molar-refractivity contribution is 7.80. The lowest BCUT2D eigenvalue weighted by Crippen LogP contribution is -2.47. The molecule has 1 atom stereocenters. The Hall–Kier alpha value is -2.25. The summed E-state index contributed by atoms with van der Waals surface area (Å²) in [5.74, 6) is 0.0864. The number of thiazole rings is 1. The summed E-state index contributed by atoms with van der Waals surface area (Å²) in [4.78, 5) is 20.2. The predicted octanol–water partition coefficient (Wildman–Crippen LogP) is 4.01. The van der Waals surface area contributed by atoms with Gasteiger partial charge in [-0.15, -0.1) is 11.3 Å². The van der Waals surface area contributed by atoms with Gasteiger partial charge in [0.25, 0.3) is 5.91 Å². The van der Waals surface area contributed by atoms with Crippen molar-refractivity contribution in [2.24, 2.45) is 0 Å². The molecule has 1 saturated heterocycles. The minimum absolute atomic E-state index is 0.0864. The van der Waals surface area contributed by atoms with Crippen molar-refractivity contribution in [2.45, 2.75) is 38.6 Å². The lowest BCUT2D eigenvalue weighted by Gasteiger charge is -2.32. The van der Waals surface area contributed by atoms with Crippen LogP contribution in [0.1, 0.15) is 43.7 Å². The van der Waals surface area contributed by atoms with E-state index in [4.69, 9.17) is 17.2 Å². The maximum Gasteiger partial charge on any atom is 0.254 e. The van der Waals surface area contributed by atoms with Crippen molar-refractivity contribution in [1.82, 2.24) is 20.5 Å². The van der Waals surface area contributed by atoms with E-state index in [1.165, 1.54) is 12.8 Å². The molecule has 0 saturated carbocycles. The Bertz CT molecular complexity index is 898. The highest BCUT2D eigenvalue weighted by atomic mass is 32.1. The molecule has 146 valence electrons. The Kier molecular flexibility index (Phi) is 5.73. The van der Waals surface area contributed by atoms with Crippen molar-refractivity contribution >= 4 is 34.6 Å². The molecule has 7 heteroatoms. The van der Waals surface area contributed by atoms with E-state index >= 15 is 0 Å². The van der Waals surface area contributed by atoms with Gasteiger partial charge < -0.3 is 15.5 Å². The minimum Gasteiger partial charge on any atom is -0.349 e. The number of rotatable bonds is 3. The molecule has 0 bridgehead atoms. The summed E-state index contributed by atoms with van der Waals surface area (Å²) in [6.45, 7) is 3.57. The first-order chi connectivity index (χ1) is 13.6. The summed E-state index contributed by atoms with van der Waals surface area (Å²) in [5.41, 5.74) is 3.54. The first kappa shape index (κ1) is 19.1. The third kappa shape index (κ3) is 3.95. The van der Waals surface area contributed by atoms with Gasteiger partial charge in [-0.3, -0.25) is 4.79 Å². The van der Waals surface area contributed by atoms with Crippen LogP contribution in [0.2, 0.25) is 0 Å². The van der Waals surface area contributed by atoms with Crippen LogP contribution in [-0.2, 0) is 4.79 Å². The summed E-state index contributed by atoms with van der Waals surface area (Å²) in [6.07, 6.45) is 4.52. The monoisotopic (exact) mass is 412 g/mol. The zero-order chi connectivity index (χ0) is 19.5.